The van der Waals surface area contributed by atoms with Gasteiger partial charge in [-0.15, -0.1) is 0 Å². The van der Waals surface area contributed by atoms with Gasteiger partial charge in [-0.2, -0.15) is 0 Å². The van der Waals surface area contributed by atoms with E-state index < -0.39 is 26.5 Å². The highest BCUT2D eigenvalue weighted by atomic mass is 31.2. The summed E-state index contributed by atoms with van der Waals surface area (Å²) in [4.78, 5) is 34.8. The molecule has 1 N–H and O–H groups in total. The van der Waals surface area contributed by atoms with Crippen molar-refractivity contribution in [1.82, 2.24) is 0 Å². The molecular formula is C47H83O8P. The number of esters is 2. The van der Waals surface area contributed by atoms with Crippen LogP contribution in [0.25, 0.3) is 0 Å². The summed E-state index contributed by atoms with van der Waals surface area (Å²) in [5.74, 6) is -0.828. The van der Waals surface area contributed by atoms with E-state index in [2.05, 4.69) is 74.6 Å². The summed E-state index contributed by atoms with van der Waals surface area (Å²) < 4.78 is 32.7. The van der Waals surface area contributed by atoms with Crippen molar-refractivity contribution in [1.29, 1.82) is 0 Å². The van der Waals surface area contributed by atoms with Crippen molar-refractivity contribution >= 4 is 19.8 Å². The zero-order valence-corrected chi connectivity index (χ0v) is 36.9. The summed E-state index contributed by atoms with van der Waals surface area (Å²) in [6.07, 6.45) is 51.3. The quantitative estimate of drug-likeness (QED) is 0.0282. The Bertz CT molecular complexity index is 1100. The van der Waals surface area contributed by atoms with Gasteiger partial charge in [0, 0.05) is 12.8 Å². The lowest BCUT2D eigenvalue weighted by Gasteiger charge is -2.19. The molecule has 56 heavy (non-hydrogen) atoms. The van der Waals surface area contributed by atoms with Crippen molar-refractivity contribution in [2.75, 3.05) is 19.8 Å². The lowest BCUT2D eigenvalue weighted by Crippen LogP contribution is -2.29. The number of carbonyl (C=O) groups excluding carboxylic acids is 2. The first-order chi connectivity index (χ1) is 27.3. The second-order valence-corrected chi connectivity index (χ2v) is 16.1. The van der Waals surface area contributed by atoms with Gasteiger partial charge >= 0.3 is 19.8 Å². The minimum Gasteiger partial charge on any atom is -0.462 e. The molecular weight excluding hydrogens is 723 g/mol. The molecule has 0 saturated heterocycles. The summed E-state index contributed by atoms with van der Waals surface area (Å²) in [7, 11) is -4.29. The third-order valence-electron chi connectivity index (χ3n) is 9.31. The molecule has 0 bridgehead atoms. The average Bonchev–Trinajstić information content (AvgIpc) is 3.18. The lowest BCUT2D eigenvalue weighted by molar-refractivity contribution is -0.161. The monoisotopic (exact) mass is 807 g/mol. The van der Waals surface area contributed by atoms with Gasteiger partial charge in [-0.1, -0.05) is 164 Å². The minimum absolute atomic E-state index is 0.00719. The Morgan fingerprint density at radius 2 is 0.911 bits per heavy atom. The third kappa shape index (κ3) is 41.4. The van der Waals surface area contributed by atoms with Crippen LogP contribution in [0.5, 0.6) is 0 Å². The highest BCUT2D eigenvalue weighted by Gasteiger charge is 2.25. The fourth-order valence-corrected chi connectivity index (χ4v) is 6.78. The molecule has 2 atom stereocenters. The van der Waals surface area contributed by atoms with E-state index in [1.807, 2.05) is 0 Å². The van der Waals surface area contributed by atoms with Gasteiger partial charge in [0.1, 0.15) is 6.61 Å². The number of hydrogen-bond donors (Lipinski definition) is 1. The molecule has 0 heterocycles. The summed E-state index contributed by atoms with van der Waals surface area (Å²) in [6, 6.07) is 0. The lowest BCUT2D eigenvalue weighted by atomic mass is 10.1. The van der Waals surface area contributed by atoms with Crippen molar-refractivity contribution < 1.29 is 37.6 Å². The fraction of sp³-hybridized carbons (Fsp3) is 0.745. The van der Waals surface area contributed by atoms with Gasteiger partial charge in [0.25, 0.3) is 0 Å². The predicted molar refractivity (Wildman–Crippen MR) is 235 cm³/mol. The molecule has 0 rings (SSSR count). The van der Waals surface area contributed by atoms with E-state index in [9.17, 15) is 19.0 Å². The van der Waals surface area contributed by atoms with Crippen molar-refractivity contribution in [3.8, 4) is 0 Å². The Morgan fingerprint density at radius 1 is 0.500 bits per heavy atom. The number of rotatable bonds is 41. The molecule has 0 spiro atoms. The number of allylic oxidation sites excluding steroid dienone is 10. The number of ether oxygens (including phenoxy) is 2. The van der Waals surface area contributed by atoms with Crippen molar-refractivity contribution in [3.63, 3.8) is 0 Å². The van der Waals surface area contributed by atoms with Crippen LogP contribution in [0.4, 0.5) is 0 Å². The average molecular weight is 807 g/mol. The Kier molecular flexibility index (Phi) is 40.7. The van der Waals surface area contributed by atoms with E-state index in [4.69, 9.17) is 18.5 Å². The van der Waals surface area contributed by atoms with Crippen LogP contribution in [0.15, 0.2) is 60.8 Å². The smallest absolute Gasteiger partial charge is 0.462 e. The van der Waals surface area contributed by atoms with Crippen LogP contribution in [-0.4, -0.2) is 42.8 Å². The number of phosphoric acid groups is 1. The van der Waals surface area contributed by atoms with Crippen LogP contribution in [0.2, 0.25) is 0 Å². The SMILES string of the molecule is CC/C=C\C/C=C\C/C=C\C/C=C\CCCCCCC(=O)OC(COC(=O)CCCCCCCCCCC/C=C\CCCCCCCC)COP(=O)(O)OCC. The maximum Gasteiger partial charge on any atom is 0.472 e. The molecule has 9 heteroatoms. The molecule has 0 saturated carbocycles. The van der Waals surface area contributed by atoms with Crippen LogP contribution in [0.3, 0.4) is 0 Å². The van der Waals surface area contributed by atoms with Crippen LogP contribution >= 0.6 is 7.82 Å². The van der Waals surface area contributed by atoms with Gasteiger partial charge in [0.15, 0.2) is 6.10 Å². The van der Waals surface area contributed by atoms with Gasteiger partial charge in [0.05, 0.1) is 13.2 Å². The first kappa shape index (κ1) is 53.8. The van der Waals surface area contributed by atoms with Crippen LogP contribution < -0.4 is 0 Å². The molecule has 0 aromatic heterocycles. The largest absolute Gasteiger partial charge is 0.472 e. The van der Waals surface area contributed by atoms with Gasteiger partial charge in [-0.3, -0.25) is 18.6 Å². The van der Waals surface area contributed by atoms with Gasteiger partial charge in [0.2, 0.25) is 0 Å². The molecule has 0 amide bonds. The van der Waals surface area contributed by atoms with Crippen LogP contribution in [-0.2, 0) is 32.7 Å². The van der Waals surface area contributed by atoms with E-state index in [0.29, 0.717) is 6.42 Å². The van der Waals surface area contributed by atoms with Gasteiger partial charge in [-0.05, 0) is 84.0 Å². The number of carbonyl (C=O) groups is 2. The normalized spacial score (nSPS) is 13.9. The topological polar surface area (TPSA) is 108 Å². The van der Waals surface area contributed by atoms with E-state index in [1.165, 1.54) is 89.9 Å². The first-order valence-electron chi connectivity index (χ1n) is 22.6. The maximum absolute atomic E-state index is 12.6. The first-order valence-corrected chi connectivity index (χ1v) is 24.1. The van der Waals surface area contributed by atoms with Crippen molar-refractivity contribution in [3.05, 3.63) is 60.8 Å². The highest BCUT2D eigenvalue weighted by molar-refractivity contribution is 7.47. The Labute approximate surface area is 343 Å². The molecule has 0 aromatic carbocycles. The minimum atomic E-state index is -4.29. The molecule has 8 nitrogen and oxygen atoms in total. The Morgan fingerprint density at radius 3 is 1.39 bits per heavy atom. The molecule has 0 aromatic rings. The number of hydrogen-bond acceptors (Lipinski definition) is 7. The van der Waals surface area contributed by atoms with E-state index in [-0.39, 0.29) is 32.0 Å². The van der Waals surface area contributed by atoms with Crippen LogP contribution in [0, 0.1) is 0 Å². The molecule has 2 unspecified atom stereocenters. The van der Waals surface area contributed by atoms with Crippen LogP contribution in [0.1, 0.15) is 201 Å². The maximum atomic E-state index is 12.6. The molecule has 324 valence electrons. The summed E-state index contributed by atoms with van der Waals surface area (Å²) >= 11 is 0. The summed E-state index contributed by atoms with van der Waals surface area (Å²) in [5.41, 5.74) is 0. The standard InChI is InChI=1S/C47H83O8P/c1-4-7-9-11-13-15-17-19-21-23-24-26-27-29-31-33-35-37-39-41-46(48)52-43-45(44-54-56(50,51)53-6-3)55-47(49)42-40-38-36-34-32-30-28-25-22-20-18-16-14-12-10-8-5-2/h8,10,14,16,19-22,28,30,45H,4-7,9,11-13,15,17-18,23-27,29,31-44H2,1-3H3,(H,50,51)/b10-8-,16-14-,21-19-,22-20-,30-28-. The molecule has 0 aliphatic rings. The number of unbranched alkanes of at least 4 members (excludes halogenated alkanes) is 19. The fourth-order valence-electron chi connectivity index (χ4n) is 6.03. The molecule has 0 radical (unpaired) electrons. The summed E-state index contributed by atoms with van der Waals surface area (Å²) in [5, 5.41) is 0. The van der Waals surface area contributed by atoms with Crippen molar-refractivity contribution in [2.45, 2.75) is 207 Å². The second-order valence-electron chi connectivity index (χ2n) is 14.7. The molecule has 0 fully saturated rings. The zero-order chi connectivity index (χ0) is 41.1. The van der Waals surface area contributed by atoms with Gasteiger partial charge in [-0.25, -0.2) is 4.57 Å². The zero-order valence-electron chi connectivity index (χ0n) is 36.0. The second kappa shape index (κ2) is 42.4. The summed E-state index contributed by atoms with van der Waals surface area (Å²) in [6.45, 7) is 5.33. The Balaban J connectivity index is 4.10. The molecule has 0 aliphatic carbocycles. The van der Waals surface area contributed by atoms with E-state index in [0.717, 1.165) is 70.6 Å². The van der Waals surface area contributed by atoms with Crippen molar-refractivity contribution in [2.24, 2.45) is 0 Å². The van der Waals surface area contributed by atoms with Gasteiger partial charge < -0.3 is 14.4 Å². The Hall–Kier alpha value is -2.25. The van der Waals surface area contributed by atoms with E-state index >= 15 is 0 Å². The predicted octanol–water partition coefficient (Wildman–Crippen LogP) is 14.3. The molecule has 0 aliphatic heterocycles. The highest BCUT2D eigenvalue weighted by Crippen LogP contribution is 2.43. The number of phosphoric ester groups is 1. The third-order valence-corrected chi connectivity index (χ3v) is 10.4. The van der Waals surface area contributed by atoms with E-state index in [1.54, 1.807) is 6.92 Å².